The quantitative estimate of drug-likeness (QED) is 0.171. The van der Waals surface area contributed by atoms with E-state index in [1.807, 2.05) is 30.3 Å². The Kier molecular flexibility index (Phi) is 7.39. The van der Waals surface area contributed by atoms with E-state index in [9.17, 15) is 37.9 Å². The third-order valence-corrected chi connectivity index (χ3v) is 13.0. The van der Waals surface area contributed by atoms with Crippen LogP contribution in [0.1, 0.15) is 33.4 Å². The number of nitrogens with zero attached hydrogens (tertiary/aromatic N) is 4. The molecule has 0 radical (unpaired) electrons. The van der Waals surface area contributed by atoms with Crippen LogP contribution in [0.25, 0.3) is 33.4 Å². The van der Waals surface area contributed by atoms with Crippen LogP contribution in [-0.2, 0) is 19.7 Å². The van der Waals surface area contributed by atoms with Gasteiger partial charge in [-0.15, -0.1) is 0 Å². The first-order valence-corrected chi connectivity index (χ1v) is 18.1. The molecule has 0 aliphatic heterocycles. The topological polar surface area (TPSA) is 163 Å². The zero-order chi connectivity index (χ0) is 35.5. The molecule has 50 heavy (non-hydrogen) atoms. The molecule has 0 unspecified atom stereocenters. The van der Waals surface area contributed by atoms with Crippen LogP contribution in [0.4, 0.5) is 0 Å². The average molecular weight is 687 g/mol. The van der Waals surface area contributed by atoms with Gasteiger partial charge in [0.25, 0.3) is 0 Å². The van der Waals surface area contributed by atoms with E-state index in [0.29, 0.717) is 55.6 Å². The van der Waals surface area contributed by atoms with Gasteiger partial charge in [-0.05, 0) is 118 Å². The number of sulfone groups is 2. The Hall–Kier alpha value is -6.56. The van der Waals surface area contributed by atoms with Gasteiger partial charge in [-0.3, -0.25) is 0 Å². The normalized spacial score (nSPS) is 12.4. The molecule has 5 aromatic carbocycles. The number of hydrogen-bond acceptors (Lipinski definition) is 8. The Bertz CT molecular complexity index is 2630. The Morgan fingerprint density at radius 1 is 0.440 bits per heavy atom. The minimum Gasteiger partial charge on any atom is -0.219 e. The summed E-state index contributed by atoms with van der Waals surface area (Å²) in [5, 5.41) is 40.2. The second-order valence-corrected chi connectivity index (χ2v) is 15.7. The molecule has 0 spiro atoms. The van der Waals surface area contributed by atoms with Gasteiger partial charge in [0, 0.05) is 11.1 Å². The highest BCUT2D eigenvalue weighted by Crippen LogP contribution is 2.54. The maximum Gasteiger partial charge on any atom is 0.206 e. The lowest BCUT2D eigenvalue weighted by Gasteiger charge is -2.10. The van der Waals surface area contributed by atoms with Crippen molar-refractivity contribution in [2.24, 2.45) is 0 Å². The standard InChI is InChI=1S/C40H22N4O4S2/c1-23-7-3-5-9-37(23)49(45,46)27-11-13-29-31-17-32-30-14-12-28(50(47,48)38-10-6-4-8-24(38)2)16-34(30)40(26(21-43)22-44)36(32)18-35(31)39(33(29)15-27)25(19-41)20-42/h3-18H,1-2H3. The van der Waals surface area contributed by atoms with Crippen LogP contribution >= 0.6 is 0 Å². The van der Waals surface area contributed by atoms with Crippen LogP contribution in [-0.4, -0.2) is 16.8 Å². The highest BCUT2D eigenvalue weighted by atomic mass is 32.2. The molecule has 238 valence electrons. The van der Waals surface area contributed by atoms with Crippen molar-refractivity contribution in [3.63, 3.8) is 0 Å². The lowest BCUT2D eigenvalue weighted by atomic mass is 9.93. The lowest BCUT2D eigenvalue weighted by Crippen LogP contribution is -2.04. The second kappa shape index (κ2) is 11.5. The summed E-state index contributed by atoms with van der Waals surface area (Å²) in [5.74, 6) is 0. The summed E-state index contributed by atoms with van der Waals surface area (Å²) in [6.07, 6.45) is 0. The van der Waals surface area contributed by atoms with Crippen molar-refractivity contribution in [3.05, 3.63) is 142 Å². The maximum atomic E-state index is 13.8. The van der Waals surface area contributed by atoms with Gasteiger partial charge in [0.1, 0.15) is 35.4 Å². The molecule has 2 aliphatic carbocycles. The molecule has 0 amide bonds. The fraction of sp³-hybridized carbons (Fsp3) is 0.0500. The average Bonchev–Trinajstić information content (AvgIpc) is 3.60. The number of hydrogen-bond donors (Lipinski definition) is 0. The minimum absolute atomic E-state index is 0.0109. The van der Waals surface area contributed by atoms with Gasteiger partial charge in [0.2, 0.25) is 19.7 Å². The van der Waals surface area contributed by atoms with E-state index < -0.39 is 19.7 Å². The molecule has 8 nitrogen and oxygen atoms in total. The number of rotatable bonds is 4. The van der Waals surface area contributed by atoms with Gasteiger partial charge in [0.05, 0.1) is 19.6 Å². The second-order valence-electron chi connectivity index (χ2n) is 11.8. The molecule has 2 aliphatic rings. The van der Waals surface area contributed by atoms with Crippen molar-refractivity contribution in [2.75, 3.05) is 0 Å². The summed E-state index contributed by atoms with van der Waals surface area (Å²) >= 11 is 0. The fourth-order valence-electron chi connectivity index (χ4n) is 6.80. The van der Waals surface area contributed by atoms with Crippen LogP contribution in [0.5, 0.6) is 0 Å². The van der Waals surface area contributed by atoms with E-state index >= 15 is 0 Å². The van der Waals surface area contributed by atoms with Crippen LogP contribution < -0.4 is 0 Å². The zero-order valence-electron chi connectivity index (χ0n) is 26.5. The van der Waals surface area contributed by atoms with E-state index in [1.165, 1.54) is 36.4 Å². The summed E-state index contributed by atoms with van der Waals surface area (Å²) in [5.41, 5.74) is 5.10. The van der Waals surface area contributed by atoms with Crippen molar-refractivity contribution in [2.45, 2.75) is 33.4 Å². The molecule has 0 aromatic heterocycles. The molecule has 7 rings (SSSR count). The number of aryl methyl sites for hydroxylation is 2. The van der Waals surface area contributed by atoms with Gasteiger partial charge in [-0.25, -0.2) is 16.8 Å². The molecule has 5 aromatic rings. The van der Waals surface area contributed by atoms with Crippen molar-refractivity contribution in [1.82, 2.24) is 0 Å². The van der Waals surface area contributed by atoms with Crippen LogP contribution in [0.15, 0.2) is 128 Å². The van der Waals surface area contributed by atoms with Crippen LogP contribution in [0, 0.1) is 59.2 Å². The summed E-state index contributed by atoms with van der Waals surface area (Å²) in [4.78, 5) is 0.249. The van der Waals surface area contributed by atoms with Crippen LogP contribution in [0.3, 0.4) is 0 Å². The SMILES string of the molecule is Cc1ccccc1S(=O)(=O)c1ccc2c(c1)C(=C(C#N)C#N)c1cc3c(cc1-2)-c1ccc(S(=O)(=O)c2ccccc2C)cc1C3=C(C#N)C#N. The molecule has 10 heteroatoms. The predicted octanol–water partition coefficient (Wildman–Crippen LogP) is 7.63. The first kappa shape index (κ1) is 32.0. The summed E-state index contributed by atoms with van der Waals surface area (Å²) in [6.45, 7) is 3.40. The van der Waals surface area contributed by atoms with Gasteiger partial charge in [-0.1, -0.05) is 48.5 Å². The van der Waals surface area contributed by atoms with E-state index in [1.54, 1.807) is 68.4 Å². The molecule has 0 atom stereocenters. The van der Waals surface area contributed by atoms with E-state index in [-0.39, 0.29) is 41.9 Å². The van der Waals surface area contributed by atoms with Crippen molar-refractivity contribution in [3.8, 4) is 46.5 Å². The molecule has 0 bridgehead atoms. The number of benzene rings is 5. The summed E-state index contributed by atoms with van der Waals surface area (Å²) < 4.78 is 55.1. The predicted molar refractivity (Wildman–Crippen MR) is 185 cm³/mol. The monoisotopic (exact) mass is 686 g/mol. The number of fused-ring (bicyclic) bond motifs is 6. The molecule has 0 heterocycles. The first-order valence-electron chi connectivity index (χ1n) is 15.2. The van der Waals surface area contributed by atoms with Crippen LogP contribution in [0.2, 0.25) is 0 Å². The van der Waals surface area contributed by atoms with Crippen molar-refractivity contribution >= 4 is 30.8 Å². The largest absolute Gasteiger partial charge is 0.219 e. The smallest absolute Gasteiger partial charge is 0.206 e. The van der Waals surface area contributed by atoms with E-state index in [0.717, 1.165) is 0 Å². The van der Waals surface area contributed by atoms with Gasteiger partial charge in [-0.2, -0.15) is 21.0 Å². The fourth-order valence-corrected chi connectivity index (χ4v) is 9.84. The summed E-state index contributed by atoms with van der Waals surface area (Å²) in [7, 11) is -7.95. The summed E-state index contributed by atoms with van der Waals surface area (Å²) in [6, 6.07) is 33.7. The molecular formula is C40H22N4O4S2. The third kappa shape index (κ3) is 4.60. The Morgan fingerprint density at radius 2 is 0.780 bits per heavy atom. The number of nitriles is 4. The Morgan fingerprint density at radius 3 is 1.14 bits per heavy atom. The molecular weight excluding hydrogens is 665 g/mol. The highest BCUT2D eigenvalue weighted by Gasteiger charge is 2.35. The molecule has 0 fully saturated rings. The third-order valence-electron chi connectivity index (χ3n) is 9.13. The van der Waals surface area contributed by atoms with Crippen molar-refractivity contribution < 1.29 is 16.8 Å². The van der Waals surface area contributed by atoms with Crippen molar-refractivity contribution in [1.29, 1.82) is 21.0 Å². The molecule has 0 saturated carbocycles. The zero-order valence-corrected chi connectivity index (χ0v) is 28.1. The first-order chi connectivity index (χ1) is 24.0. The Labute approximate surface area is 289 Å². The van der Waals surface area contributed by atoms with Gasteiger partial charge < -0.3 is 0 Å². The molecule has 0 saturated heterocycles. The van der Waals surface area contributed by atoms with Gasteiger partial charge >= 0.3 is 0 Å². The molecule has 0 N–H and O–H groups in total. The van der Waals surface area contributed by atoms with E-state index in [2.05, 4.69) is 0 Å². The highest BCUT2D eigenvalue weighted by molar-refractivity contribution is 7.91. The van der Waals surface area contributed by atoms with Gasteiger partial charge in [0.15, 0.2) is 0 Å². The number of allylic oxidation sites excluding steroid dienone is 2. The minimum atomic E-state index is -3.97. The maximum absolute atomic E-state index is 13.8. The van der Waals surface area contributed by atoms with E-state index in [4.69, 9.17) is 0 Å². The lowest BCUT2D eigenvalue weighted by molar-refractivity contribution is 0.593. The Balaban J connectivity index is 1.48.